The molecule has 0 amide bonds. The molecule has 1 aliphatic rings. The fraction of sp³-hybridized carbons (Fsp3) is 0.367. The van der Waals surface area contributed by atoms with Crippen LogP contribution in [0.25, 0.3) is 11.0 Å². The zero-order chi connectivity index (χ0) is 26.8. The van der Waals surface area contributed by atoms with E-state index in [2.05, 4.69) is 47.3 Å². The summed E-state index contributed by atoms with van der Waals surface area (Å²) >= 11 is 6.81. The molecule has 4 aromatic rings. The molecule has 0 radical (unpaired) electrons. The summed E-state index contributed by atoms with van der Waals surface area (Å²) in [7, 11) is 0. The van der Waals surface area contributed by atoms with Crippen molar-refractivity contribution in [2.24, 2.45) is 0 Å². The number of aryl methyl sites for hydroxylation is 2. The number of hydrogen-bond donors (Lipinski definition) is 0. The van der Waals surface area contributed by atoms with E-state index >= 15 is 0 Å². The van der Waals surface area contributed by atoms with E-state index in [0.29, 0.717) is 22.6 Å². The van der Waals surface area contributed by atoms with Crippen LogP contribution in [0.3, 0.4) is 0 Å². The standard InChI is InChI=1S/C30H33ClN4O3.Na/c1-4-23-18-34(16-21-8-6-7-9-27(21)38-23)17-22-14-20(11-10-19(22)3)25(15-28(36)37)24-12-13-26-30(29(24)31)32-33-35(26)5-2;/h6-14,23,25H,4-5,15-18H2,1-3H3,(H,36,37);/q;+1/p-1/t23-,25+;/m1./s1. The molecule has 0 saturated heterocycles. The quantitative estimate of drug-likeness (QED) is 0.309. The van der Waals surface area contributed by atoms with Gasteiger partial charge in [-0.05, 0) is 61.1 Å². The Morgan fingerprint density at radius 2 is 1.97 bits per heavy atom. The molecule has 0 unspecified atom stereocenters. The Bertz CT molecular complexity index is 1470. The number of hydrogen-bond acceptors (Lipinski definition) is 6. The second kappa shape index (κ2) is 12.8. The molecule has 5 rings (SSSR count). The fourth-order valence-corrected chi connectivity index (χ4v) is 5.64. The summed E-state index contributed by atoms with van der Waals surface area (Å²) in [5, 5.41) is 20.7. The molecule has 1 aliphatic heterocycles. The van der Waals surface area contributed by atoms with Gasteiger partial charge in [0.15, 0.2) is 0 Å². The number of nitrogens with zero attached hydrogens (tertiary/aromatic N) is 4. The number of ether oxygens (including phenoxy) is 1. The van der Waals surface area contributed by atoms with Crippen molar-refractivity contribution in [3.8, 4) is 5.75 Å². The van der Waals surface area contributed by atoms with E-state index in [9.17, 15) is 9.90 Å². The van der Waals surface area contributed by atoms with Crippen LogP contribution >= 0.6 is 11.6 Å². The van der Waals surface area contributed by atoms with Gasteiger partial charge in [0.2, 0.25) is 0 Å². The molecule has 39 heavy (non-hydrogen) atoms. The molecule has 0 N–H and O–H groups in total. The molecule has 7 nitrogen and oxygen atoms in total. The van der Waals surface area contributed by atoms with Crippen molar-refractivity contribution in [1.29, 1.82) is 0 Å². The first-order chi connectivity index (χ1) is 18.4. The maximum absolute atomic E-state index is 11.9. The van der Waals surface area contributed by atoms with Crippen LogP contribution in [0, 0.1) is 6.92 Å². The van der Waals surface area contributed by atoms with Gasteiger partial charge in [-0.25, -0.2) is 4.68 Å². The van der Waals surface area contributed by atoms with Crippen LogP contribution < -0.4 is 39.4 Å². The van der Waals surface area contributed by atoms with Crippen molar-refractivity contribution < 1.29 is 44.2 Å². The largest absolute Gasteiger partial charge is 1.00 e. The maximum Gasteiger partial charge on any atom is 1.00 e. The van der Waals surface area contributed by atoms with Crippen LogP contribution in [0.4, 0.5) is 0 Å². The average Bonchev–Trinajstić information content (AvgIpc) is 3.24. The van der Waals surface area contributed by atoms with Gasteiger partial charge in [-0.3, -0.25) is 4.90 Å². The Morgan fingerprint density at radius 3 is 2.72 bits per heavy atom. The summed E-state index contributed by atoms with van der Waals surface area (Å²) in [5.74, 6) is -0.649. The molecular weight excluding hydrogens is 523 g/mol. The zero-order valence-corrected chi connectivity index (χ0v) is 25.7. The molecule has 9 heteroatoms. The van der Waals surface area contributed by atoms with E-state index in [1.807, 2.05) is 43.3 Å². The number of para-hydroxylation sites is 1. The van der Waals surface area contributed by atoms with Crippen LogP contribution in [-0.2, 0) is 24.4 Å². The van der Waals surface area contributed by atoms with Crippen molar-refractivity contribution in [3.63, 3.8) is 0 Å². The minimum atomic E-state index is -1.13. The summed E-state index contributed by atoms with van der Waals surface area (Å²) in [6.07, 6.45) is 0.842. The van der Waals surface area contributed by atoms with Gasteiger partial charge < -0.3 is 14.6 Å². The maximum atomic E-state index is 11.9. The van der Waals surface area contributed by atoms with Gasteiger partial charge in [-0.1, -0.05) is 66.2 Å². The van der Waals surface area contributed by atoms with Gasteiger partial charge in [0.05, 0.1) is 10.5 Å². The molecule has 0 saturated carbocycles. The Hall–Kier alpha value is -2.42. The first-order valence-corrected chi connectivity index (χ1v) is 13.5. The molecule has 0 aliphatic carbocycles. The zero-order valence-electron chi connectivity index (χ0n) is 23.0. The van der Waals surface area contributed by atoms with E-state index in [-0.39, 0.29) is 42.1 Å². The van der Waals surface area contributed by atoms with Crippen molar-refractivity contribution in [1.82, 2.24) is 19.9 Å². The number of carbonyl (C=O) groups excluding carboxylic acids is 1. The minimum absolute atomic E-state index is 0. The van der Waals surface area contributed by atoms with E-state index in [1.165, 1.54) is 5.56 Å². The Kier molecular flexibility index (Phi) is 9.73. The fourth-order valence-electron chi connectivity index (χ4n) is 5.31. The minimum Gasteiger partial charge on any atom is -0.550 e. The van der Waals surface area contributed by atoms with Gasteiger partial charge >= 0.3 is 29.6 Å². The topological polar surface area (TPSA) is 83.3 Å². The van der Waals surface area contributed by atoms with Gasteiger partial charge in [-0.2, -0.15) is 0 Å². The summed E-state index contributed by atoms with van der Waals surface area (Å²) in [6.45, 7) is 9.22. The number of carbonyl (C=O) groups is 1. The first-order valence-electron chi connectivity index (χ1n) is 13.2. The Balaban J connectivity index is 0.00000353. The molecule has 198 valence electrons. The van der Waals surface area contributed by atoms with E-state index in [4.69, 9.17) is 16.3 Å². The second-order valence-corrected chi connectivity index (χ2v) is 10.4. The van der Waals surface area contributed by atoms with E-state index in [1.54, 1.807) is 4.68 Å². The van der Waals surface area contributed by atoms with Crippen molar-refractivity contribution in [3.05, 3.63) is 87.4 Å². The summed E-state index contributed by atoms with van der Waals surface area (Å²) in [6, 6.07) is 18.2. The summed E-state index contributed by atoms with van der Waals surface area (Å²) in [5.41, 5.74) is 6.48. The number of aliphatic carboxylic acids is 1. The summed E-state index contributed by atoms with van der Waals surface area (Å²) in [4.78, 5) is 14.3. The Morgan fingerprint density at radius 1 is 1.18 bits per heavy atom. The number of carboxylic acids is 1. The van der Waals surface area contributed by atoms with Crippen LogP contribution in [0.1, 0.15) is 60.4 Å². The monoisotopic (exact) mass is 554 g/mol. The molecule has 3 aromatic carbocycles. The second-order valence-electron chi connectivity index (χ2n) is 9.98. The number of carboxylic acid groups (broad SMARTS) is 1. The first kappa shape index (κ1) is 29.6. The van der Waals surface area contributed by atoms with Gasteiger partial charge in [-0.15, -0.1) is 5.10 Å². The molecular formula is C30H32ClN4NaO3. The number of halogens is 1. The molecule has 1 aromatic heterocycles. The van der Waals surface area contributed by atoms with Crippen molar-refractivity contribution in [2.75, 3.05) is 6.54 Å². The normalized spacial score (nSPS) is 16.2. The van der Waals surface area contributed by atoms with Crippen LogP contribution in [0.2, 0.25) is 5.02 Å². The molecule has 0 bridgehead atoms. The number of rotatable bonds is 8. The van der Waals surface area contributed by atoms with Crippen LogP contribution in [0.5, 0.6) is 5.75 Å². The SMILES string of the molecule is CC[C@@H]1CN(Cc2cc([C@H](CC(=O)[O-])c3ccc4c(nnn4CC)c3Cl)ccc2C)Cc2ccccc2O1.[Na+]. The van der Waals surface area contributed by atoms with E-state index < -0.39 is 11.9 Å². The van der Waals surface area contributed by atoms with Gasteiger partial charge in [0, 0.05) is 43.6 Å². The number of fused-ring (bicyclic) bond motifs is 2. The molecule has 2 heterocycles. The van der Waals surface area contributed by atoms with E-state index in [0.717, 1.165) is 54.0 Å². The van der Waals surface area contributed by atoms with Crippen molar-refractivity contribution in [2.45, 2.75) is 65.3 Å². The molecule has 0 fully saturated rings. The third kappa shape index (κ3) is 6.34. The number of aromatic nitrogens is 3. The third-order valence-corrected chi connectivity index (χ3v) is 7.85. The number of benzene rings is 3. The Labute approximate surface area is 256 Å². The summed E-state index contributed by atoms with van der Waals surface area (Å²) < 4.78 is 8.06. The molecule has 2 atom stereocenters. The van der Waals surface area contributed by atoms with Gasteiger partial charge in [0.25, 0.3) is 0 Å². The predicted octanol–water partition coefficient (Wildman–Crippen LogP) is 1.86. The van der Waals surface area contributed by atoms with Crippen LogP contribution in [-0.4, -0.2) is 38.5 Å². The third-order valence-electron chi connectivity index (χ3n) is 7.45. The smallest absolute Gasteiger partial charge is 0.550 e. The van der Waals surface area contributed by atoms with Crippen LogP contribution in [0.15, 0.2) is 54.6 Å². The van der Waals surface area contributed by atoms with Crippen molar-refractivity contribution >= 4 is 28.6 Å². The average molecular weight is 555 g/mol. The predicted molar refractivity (Wildman–Crippen MR) is 146 cm³/mol. The molecule has 0 spiro atoms. The van der Waals surface area contributed by atoms with Gasteiger partial charge in [0.1, 0.15) is 17.4 Å².